The Balaban J connectivity index is 1.54. The summed E-state index contributed by atoms with van der Waals surface area (Å²) >= 11 is 0. The molecule has 1 N–H and O–H groups in total. The number of hydrogen-bond acceptors (Lipinski definition) is 4. The van der Waals surface area contributed by atoms with Crippen molar-refractivity contribution in [1.29, 1.82) is 0 Å². The van der Waals surface area contributed by atoms with Crippen LogP contribution in [0.2, 0.25) is 0 Å². The first-order chi connectivity index (χ1) is 14.1. The highest BCUT2D eigenvalue weighted by atomic mass is 16.5. The van der Waals surface area contributed by atoms with Gasteiger partial charge in [-0.05, 0) is 50.5 Å². The van der Waals surface area contributed by atoms with Gasteiger partial charge in [-0.2, -0.15) is 0 Å². The number of carbonyl (C=O) groups is 1. The summed E-state index contributed by atoms with van der Waals surface area (Å²) < 4.78 is 17.4. The lowest BCUT2D eigenvalue weighted by molar-refractivity contribution is -0.135. The largest absolute Gasteiger partial charge is 0.497 e. The fraction of sp³-hybridized carbons (Fsp3) is 0.375. The molecule has 1 amide bonds. The molecule has 0 bridgehead atoms. The number of ether oxygens (including phenoxy) is 2. The van der Waals surface area contributed by atoms with Gasteiger partial charge in [0.05, 0.1) is 25.2 Å². The molecule has 3 aromatic rings. The van der Waals surface area contributed by atoms with Crippen LogP contribution in [0, 0.1) is 12.8 Å². The van der Waals surface area contributed by atoms with Gasteiger partial charge >= 0.3 is 0 Å². The van der Waals surface area contributed by atoms with Gasteiger partial charge in [-0.3, -0.25) is 4.79 Å². The predicted octanol–water partition coefficient (Wildman–Crippen LogP) is 5.09. The standard InChI is InChI=1S/C24H27NO4/c1-15-20-14-18(27-3)11-12-21(20)29-22(15)16(2)25-24(26)19-10-7-13-28-23(19)17-8-5-4-6-9-17/h4-6,8-9,11-12,14,16,19,23H,7,10,13H2,1-3H3,(H,25,26). The number of fused-ring (bicyclic) bond motifs is 1. The summed E-state index contributed by atoms with van der Waals surface area (Å²) in [5.41, 5.74) is 2.86. The van der Waals surface area contributed by atoms with Gasteiger partial charge in [0, 0.05) is 17.6 Å². The minimum atomic E-state index is -0.237. The fourth-order valence-corrected chi connectivity index (χ4v) is 4.17. The molecule has 0 aliphatic carbocycles. The van der Waals surface area contributed by atoms with Crippen molar-refractivity contribution in [2.45, 2.75) is 38.8 Å². The summed E-state index contributed by atoms with van der Waals surface area (Å²) in [6.07, 6.45) is 1.49. The first kappa shape index (κ1) is 19.5. The minimum Gasteiger partial charge on any atom is -0.497 e. The van der Waals surface area contributed by atoms with Crippen LogP contribution in [0.15, 0.2) is 52.9 Å². The second-order valence-corrected chi connectivity index (χ2v) is 7.63. The molecule has 0 saturated carbocycles. The van der Waals surface area contributed by atoms with Crippen molar-refractivity contribution in [3.63, 3.8) is 0 Å². The minimum absolute atomic E-state index is 0.00323. The Morgan fingerprint density at radius 2 is 2.00 bits per heavy atom. The second-order valence-electron chi connectivity index (χ2n) is 7.63. The first-order valence-electron chi connectivity index (χ1n) is 10.1. The lowest BCUT2D eigenvalue weighted by Crippen LogP contribution is -2.38. The van der Waals surface area contributed by atoms with Crippen LogP contribution in [-0.4, -0.2) is 19.6 Å². The molecular formula is C24H27NO4. The molecule has 4 rings (SSSR count). The van der Waals surface area contributed by atoms with Crippen LogP contribution >= 0.6 is 0 Å². The van der Waals surface area contributed by atoms with E-state index in [0.717, 1.165) is 46.4 Å². The molecule has 5 nitrogen and oxygen atoms in total. The maximum Gasteiger partial charge on any atom is 0.226 e. The molecule has 3 unspecified atom stereocenters. The van der Waals surface area contributed by atoms with Crippen molar-refractivity contribution in [2.24, 2.45) is 5.92 Å². The quantitative estimate of drug-likeness (QED) is 0.655. The van der Waals surface area contributed by atoms with Gasteiger partial charge in [-0.15, -0.1) is 0 Å². The van der Waals surface area contributed by atoms with Crippen molar-refractivity contribution in [3.8, 4) is 5.75 Å². The monoisotopic (exact) mass is 393 g/mol. The van der Waals surface area contributed by atoms with E-state index in [9.17, 15) is 4.79 Å². The first-order valence-corrected chi connectivity index (χ1v) is 10.1. The second kappa shape index (κ2) is 8.29. The van der Waals surface area contributed by atoms with Gasteiger partial charge in [0.2, 0.25) is 5.91 Å². The SMILES string of the molecule is COc1ccc2oc(C(C)NC(=O)C3CCCOC3c3ccccc3)c(C)c2c1. The van der Waals surface area contributed by atoms with Gasteiger partial charge in [0.15, 0.2) is 0 Å². The molecule has 1 fully saturated rings. The van der Waals surface area contributed by atoms with Crippen LogP contribution in [0.25, 0.3) is 11.0 Å². The zero-order chi connectivity index (χ0) is 20.4. The fourth-order valence-electron chi connectivity index (χ4n) is 4.17. The van der Waals surface area contributed by atoms with E-state index in [1.54, 1.807) is 7.11 Å². The molecule has 2 aromatic carbocycles. The van der Waals surface area contributed by atoms with Crippen LogP contribution in [-0.2, 0) is 9.53 Å². The Kier molecular flexibility index (Phi) is 5.58. The van der Waals surface area contributed by atoms with E-state index >= 15 is 0 Å². The number of rotatable bonds is 5. The average molecular weight is 393 g/mol. The van der Waals surface area contributed by atoms with Gasteiger partial charge in [0.1, 0.15) is 17.1 Å². The Labute approximate surface area is 171 Å². The summed E-state index contributed by atoms with van der Waals surface area (Å²) in [6.45, 7) is 4.66. The lowest BCUT2D eigenvalue weighted by Gasteiger charge is -2.32. The molecule has 152 valence electrons. The Bertz CT molecular complexity index is 995. The molecule has 0 spiro atoms. The average Bonchev–Trinajstić information content (AvgIpc) is 3.10. The summed E-state index contributed by atoms with van der Waals surface area (Å²) in [4.78, 5) is 13.1. The number of aryl methyl sites for hydroxylation is 1. The van der Waals surface area contributed by atoms with Crippen LogP contribution in [0.5, 0.6) is 5.75 Å². The highest BCUT2D eigenvalue weighted by Gasteiger charge is 2.34. The number of methoxy groups -OCH3 is 1. The molecule has 0 radical (unpaired) electrons. The summed E-state index contributed by atoms with van der Waals surface area (Å²) in [7, 11) is 1.65. The maximum atomic E-state index is 13.1. The Morgan fingerprint density at radius 1 is 1.21 bits per heavy atom. The molecule has 1 aromatic heterocycles. The van der Waals surface area contributed by atoms with Crippen LogP contribution < -0.4 is 10.1 Å². The molecule has 1 saturated heterocycles. The van der Waals surface area contributed by atoms with Crippen molar-refractivity contribution in [2.75, 3.05) is 13.7 Å². The van der Waals surface area contributed by atoms with Crippen LogP contribution in [0.4, 0.5) is 0 Å². The van der Waals surface area contributed by atoms with E-state index < -0.39 is 0 Å². The van der Waals surface area contributed by atoms with Gasteiger partial charge in [0.25, 0.3) is 0 Å². The molecular weight excluding hydrogens is 366 g/mol. The Morgan fingerprint density at radius 3 is 2.76 bits per heavy atom. The third-order valence-electron chi connectivity index (χ3n) is 5.72. The molecule has 3 atom stereocenters. The van der Waals surface area contributed by atoms with Crippen LogP contribution in [0.1, 0.15) is 48.8 Å². The summed E-state index contributed by atoms with van der Waals surface area (Å²) in [6, 6.07) is 15.5. The number of carbonyl (C=O) groups excluding carboxylic acids is 1. The Hall–Kier alpha value is -2.79. The molecule has 1 aliphatic heterocycles. The summed E-state index contributed by atoms with van der Waals surface area (Å²) in [5, 5.41) is 4.16. The number of nitrogens with one attached hydrogen (secondary N) is 1. The number of furan rings is 1. The van der Waals surface area contributed by atoms with Crippen molar-refractivity contribution >= 4 is 16.9 Å². The highest BCUT2D eigenvalue weighted by Crippen LogP contribution is 2.35. The number of hydrogen-bond donors (Lipinski definition) is 1. The van der Waals surface area contributed by atoms with E-state index in [1.807, 2.05) is 62.4 Å². The third kappa shape index (κ3) is 3.87. The van der Waals surface area contributed by atoms with E-state index in [4.69, 9.17) is 13.9 Å². The molecule has 2 heterocycles. The smallest absolute Gasteiger partial charge is 0.226 e. The van der Waals surface area contributed by atoms with Gasteiger partial charge < -0.3 is 19.2 Å². The third-order valence-corrected chi connectivity index (χ3v) is 5.72. The molecule has 5 heteroatoms. The van der Waals surface area contributed by atoms with Crippen molar-refractivity contribution < 1.29 is 18.7 Å². The normalized spacial score (nSPS) is 20.4. The topological polar surface area (TPSA) is 60.7 Å². The van der Waals surface area contributed by atoms with Crippen molar-refractivity contribution in [1.82, 2.24) is 5.32 Å². The number of amides is 1. The van der Waals surface area contributed by atoms with E-state index in [1.165, 1.54) is 0 Å². The van der Waals surface area contributed by atoms with Gasteiger partial charge in [-0.1, -0.05) is 30.3 Å². The van der Waals surface area contributed by atoms with E-state index in [-0.39, 0.29) is 24.0 Å². The lowest BCUT2D eigenvalue weighted by atomic mass is 9.88. The molecule has 1 aliphatic rings. The van der Waals surface area contributed by atoms with Crippen LogP contribution in [0.3, 0.4) is 0 Å². The number of benzene rings is 2. The van der Waals surface area contributed by atoms with Gasteiger partial charge in [-0.25, -0.2) is 0 Å². The summed E-state index contributed by atoms with van der Waals surface area (Å²) in [5.74, 6) is 1.35. The van der Waals surface area contributed by atoms with E-state index in [0.29, 0.717) is 6.61 Å². The zero-order valence-electron chi connectivity index (χ0n) is 17.1. The maximum absolute atomic E-state index is 13.1. The zero-order valence-corrected chi connectivity index (χ0v) is 17.1. The highest BCUT2D eigenvalue weighted by molar-refractivity contribution is 5.84. The molecule has 29 heavy (non-hydrogen) atoms. The van der Waals surface area contributed by atoms with Crippen molar-refractivity contribution in [3.05, 3.63) is 65.4 Å². The predicted molar refractivity (Wildman–Crippen MR) is 112 cm³/mol. The van der Waals surface area contributed by atoms with E-state index in [2.05, 4.69) is 5.32 Å².